The molecular formula is C67H54N6O. The van der Waals surface area contributed by atoms with Crippen molar-refractivity contribution in [3.8, 4) is 5.69 Å². The zero-order chi connectivity index (χ0) is 49.6. The molecule has 0 saturated carbocycles. The second-order valence-electron chi connectivity index (χ2n) is 18.5. The van der Waals surface area contributed by atoms with Crippen LogP contribution >= 0.6 is 0 Å². The van der Waals surface area contributed by atoms with Gasteiger partial charge in [0.05, 0.1) is 22.8 Å². The Morgan fingerprint density at radius 1 is 0.392 bits per heavy atom. The van der Waals surface area contributed by atoms with E-state index < -0.39 is 0 Å². The van der Waals surface area contributed by atoms with Gasteiger partial charge in [-0.15, -0.1) is 0 Å². The van der Waals surface area contributed by atoms with Gasteiger partial charge in [-0.25, -0.2) is 4.79 Å². The molecule has 0 N–H and O–H groups in total. The lowest BCUT2D eigenvalue weighted by Gasteiger charge is -2.30. The summed E-state index contributed by atoms with van der Waals surface area (Å²) in [4.78, 5) is 24.1. The molecule has 358 valence electrons. The van der Waals surface area contributed by atoms with Crippen LogP contribution in [0.4, 0.5) is 56.9 Å². The van der Waals surface area contributed by atoms with Crippen molar-refractivity contribution in [1.29, 1.82) is 0 Å². The minimum atomic E-state index is -0.188. The molecule has 7 nitrogen and oxygen atoms in total. The monoisotopic (exact) mass is 958 g/mol. The van der Waals surface area contributed by atoms with E-state index in [1.165, 1.54) is 5.70 Å². The average Bonchev–Trinajstić information content (AvgIpc) is 3.78. The lowest BCUT2D eigenvalue weighted by molar-refractivity contribution is 0.594. The highest BCUT2D eigenvalue weighted by Crippen LogP contribution is 2.41. The molecule has 1 aromatic heterocycles. The fraction of sp³-hybridized carbons (Fsp3) is 0.0597. The number of hydrogen-bond donors (Lipinski definition) is 0. The van der Waals surface area contributed by atoms with Gasteiger partial charge in [-0.05, 0) is 177 Å². The van der Waals surface area contributed by atoms with E-state index in [9.17, 15) is 4.79 Å². The van der Waals surface area contributed by atoms with E-state index in [0.29, 0.717) is 6.42 Å². The summed E-state index contributed by atoms with van der Waals surface area (Å²) in [6.07, 6.45) is 15.7. The van der Waals surface area contributed by atoms with E-state index in [-0.39, 0.29) is 11.7 Å². The van der Waals surface area contributed by atoms with Gasteiger partial charge >= 0.3 is 5.69 Å². The average molecular weight is 959 g/mol. The molecule has 2 aliphatic rings. The van der Waals surface area contributed by atoms with Crippen molar-refractivity contribution >= 4 is 67.9 Å². The molecule has 0 fully saturated rings. The summed E-state index contributed by atoms with van der Waals surface area (Å²) in [7, 11) is 0. The summed E-state index contributed by atoms with van der Waals surface area (Å²) in [6, 6.07) is 86.4. The zero-order valence-electron chi connectivity index (χ0n) is 40.9. The van der Waals surface area contributed by atoms with Crippen molar-refractivity contribution in [1.82, 2.24) is 9.13 Å². The summed E-state index contributed by atoms with van der Waals surface area (Å²) in [6.45, 7) is 0. The molecule has 0 saturated heterocycles. The smallest absolute Gasteiger partial charge is 0.314 e. The van der Waals surface area contributed by atoms with Gasteiger partial charge in [0.25, 0.3) is 0 Å². The molecule has 7 heteroatoms. The third kappa shape index (κ3) is 9.03. The molecule has 1 unspecified atom stereocenters. The first-order valence-electron chi connectivity index (χ1n) is 25.4. The predicted molar refractivity (Wildman–Crippen MR) is 308 cm³/mol. The van der Waals surface area contributed by atoms with Crippen LogP contribution in [-0.4, -0.2) is 9.13 Å². The Bertz CT molecular complexity index is 3620. The van der Waals surface area contributed by atoms with Crippen LogP contribution in [0.25, 0.3) is 16.7 Å². The van der Waals surface area contributed by atoms with Crippen LogP contribution in [0.5, 0.6) is 0 Å². The Morgan fingerprint density at radius 3 is 1.19 bits per heavy atom. The number of aromatic nitrogens is 2. The molecule has 0 spiro atoms. The molecule has 0 aliphatic heterocycles. The maximum atomic E-state index is 14.9. The molecule has 10 aromatic rings. The maximum absolute atomic E-state index is 14.9. The molecule has 12 rings (SSSR count). The Kier molecular flexibility index (Phi) is 12.7. The molecular weight excluding hydrogens is 905 g/mol. The zero-order valence-corrected chi connectivity index (χ0v) is 40.9. The standard InChI is InChI=1S/C67H54N6O/c74-67-72(63-47-43-61(44-48-63)70(55-29-15-5-16-30-55)59-39-35-57(36-40-59)68(51-21-7-1-8-22-51)52-23-9-2-10-24-52)65-33-19-20-34-66(65)73(67)64-49-45-62(46-50-64)71(56-31-17-6-18-32-56)60-41-37-58(38-42-60)69(53-25-11-3-12-26-53)54-27-13-4-14-28-54/h1-17,19-31,33-47,49-50,63H,18,32,48H2. The number of allylic oxidation sites excluding steroid dienone is 7. The maximum Gasteiger partial charge on any atom is 0.334 e. The van der Waals surface area contributed by atoms with Crippen LogP contribution in [0.3, 0.4) is 0 Å². The van der Waals surface area contributed by atoms with Crippen LogP contribution in [0.15, 0.2) is 301 Å². The molecule has 1 heterocycles. The second kappa shape index (κ2) is 20.6. The van der Waals surface area contributed by atoms with Crippen LogP contribution < -0.4 is 25.3 Å². The van der Waals surface area contributed by atoms with Gasteiger partial charge < -0.3 is 19.6 Å². The first kappa shape index (κ1) is 45.5. The number of hydrogen-bond acceptors (Lipinski definition) is 5. The van der Waals surface area contributed by atoms with Gasteiger partial charge in [0.1, 0.15) is 0 Å². The van der Waals surface area contributed by atoms with Gasteiger partial charge in [-0.2, -0.15) is 0 Å². The highest BCUT2D eigenvalue weighted by Gasteiger charge is 2.25. The van der Waals surface area contributed by atoms with Crippen molar-refractivity contribution in [2.45, 2.75) is 25.3 Å². The van der Waals surface area contributed by atoms with Crippen LogP contribution in [-0.2, 0) is 0 Å². The minimum Gasteiger partial charge on any atom is -0.314 e. The molecule has 1 atom stereocenters. The molecule has 9 aromatic carbocycles. The lowest BCUT2D eigenvalue weighted by atomic mass is 10.0. The van der Waals surface area contributed by atoms with E-state index in [4.69, 9.17) is 0 Å². The number of para-hydroxylation sites is 7. The Labute approximate surface area is 432 Å². The van der Waals surface area contributed by atoms with Crippen LogP contribution in [0, 0.1) is 0 Å². The first-order valence-corrected chi connectivity index (χ1v) is 25.4. The van der Waals surface area contributed by atoms with Crippen LogP contribution in [0.1, 0.15) is 25.3 Å². The largest absolute Gasteiger partial charge is 0.334 e. The Morgan fingerprint density at radius 2 is 0.770 bits per heavy atom. The minimum absolute atomic E-state index is 0.0729. The van der Waals surface area contributed by atoms with Crippen molar-refractivity contribution in [2.24, 2.45) is 0 Å². The second-order valence-corrected chi connectivity index (χ2v) is 18.5. The third-order valence-corrected chi connectivity index (χ3v) is 13.9. The normalized spacial score (nSPS) is 14.0. The summed E-state index contributed by atoms with van der Waals surface area (Å²) >= 11 is 0. The number of rotatable bonds is 14. The van der Waals surface area contributed by atoms with Crippen molar-refractivity contribution in [3.05, 3.63) is 307 Å². The van der Waals surface area contributed by atoms with Gasteiger partial charge in [0.15, 0.2) is 0 Å². The van der Waals surface area contributed by atoms with E-state index in [2.05, 4.69) is 268 Å². The number of anilines is 10. The molecule has 0 radical (unpaired) electrons. The molecule has 0 bridgehead atoms. The first-order chi connectivity index (χ1) is 36.7. The summed E-state index contributed by atoms with van der Waals surface area (Å²) in [5.74, 6) is 0. The van der Waals surface area contributed by atoms with E-state index in [1.807, 2.05) is 45.5 Å². The SMILES string of the molecule is O=c1n(-c2ccc(N(C3=CC=CCC3)c3ccc(N(c4ccccc4)c4ccccc4)cc3)cc2)c2ccccc2n1C1C=CC(N(c2ccccc2)c2ccc(N(c3ccccc3)c3ccccc3)cc2)=CC1. The fourth-order valence-corrected chi connectivity index (χ4v) is 10.4. The van der Waals surface area contributed by atoms with Crippen molar-refractivity contribution in [3.63, 3.8) is 0 Å². The quantitative estimate of drug-likeness (QED) is 0.109. The third-order valence-electron chi connectivity index (χ3n) is 13.9. The van der Waals surface area contributed by atoms with Gasteiger partial charge in [-0.1, -0.05) is 127 Å². The van der Waals surface area contributed by atoms with Gasteiger partial charge in [-0.3, -0.25) is 9.13 Å². The fourth-order valence-electron chi connectivity index (χ4n) is 10.4. The summed E-state index contributed by atoms with van der Waals surface area (Å²) < 4.78 is 3.82. The highest BCUT2D eigenvalue weighted by atomic mass is 16.1. The number of imidazole rings is 1. The van der Waals surface area contributed by atoms with Crippen LogP contribution in [0.2, 0.25) is 0 Å². The summed E-state index contributed by atoms with van der Waals surface area (Å²) in [5, 5.41) is 0. The number of nitrogens with zero attached hydrogens (tertiary/aromatic N) is 6. The Hall–Kier alpha value is -9.59. The Balaban J connectivity index is 0.839. The molecule has 74 heavy (non-hydrogen) atoms. The predicted octanol–water partition coefficient (Wildman–Crippen LogP) is 17.3. The van der Waals surface area contributed by atoms with Crippen molar-refractivity contribution < 1.29 is 0 Å². The van der Waals surface area contributed by atoms with E-state index >= 15 is 0 Å². The van der Waals surface area contributed by atoms with E-state index in [1.54, 1.807) is 0 Å². The molecule has 0 amide bonds. The summed E-state index contributed by atoms with van der Waals surface area (Å²) in [5.41, 5.74) is 15.5. The molecule has 2 aliphatic carbocycles. The van der Waals surface area contributed by atoms with Gasteiger partial charge in [0, 0.05) is 68.3 Å². The topological polar surface area (TPSA) is 39.9 Å². The highest BCUT2D eigenvalue weighted by molar-refractivity contribution is 5.82. The number of benzene rings is 9. The van der Waals surface area contributed by atoms with Crippen molar-refractivity contribution in [2.75, 3.05) is 19.6 Å². The lowest BCUT2D eigenvalue weighted by Crippen LogP contribution is -2.27. The van der Waals surface area contributed by atoms with E-state index in [0.717, 1.165) is 92.1 Å². The number of fused-ring (bicyclic) bond motifs is 1. The van der Waals surface area contributed by atoms with Gasteiger partial charge in [0.2, 0.25) is 0 Å².